The molecular formula is C21H26N4O2. The normalized spacial score (nSPS) is 22.6. The van der Waals surface area contributed by atoms with Gasteiger partial charge in [0.25, 0.3) is 5.91 Å². The summed E-state index contributed by atoms with van der Waals surface area (Å²) in [5.74, 6) is 0.980. The number of rotatable bonds is 4. The van der Waals surface area contributed by atoms with Crippen LogP contribution in [-0.4, -0.2) is 46.6 Å². The third kappa shape index (κ3) is 4.27. The molecule has 0 aliphatic carbocycles. The van der Waals surface area contributed by atoms with Crippen molar-refractivity contribution in [1.29, 1.82) is 0 Å². The van der Waals surface area contributed by atoms with E-state index in [0.717, 1.165) is 43.6 Å². The number of benzene rings is 1. The van der Waals surface area contributed by atoms with Crippen molar-refractivity contribution < 1.29 is 9.53 Å². The molecule has 2 aliphatic rings. The molecule has 27 heavy (non-hydrogen) atoms. The predicted octanol–water partition coefficient (Wildman–Crippen LogP) is 3.41. The summed E-state index contributed by atoms with van der Waals surface area (Å²) in [7, 11) is 0. The molecule has 1 aromatic carbocycles. The van der Waals surface area contributed by atoms with Gasteiger partial charge in [0.1, 0.15) is 6.10 Å². The summed E-state index contributed by atoms with van der Waals surface area (Å²) >= 11 is 0. The Morgan fingerprint density at radius 1 is 1.19 bits per heavy atom. The maximum atomic E-state index is 12.7. The van der Waals surface area contributed by atoms with Crippen LogP contribution in [0.3, 0.4) is 0 Å². The number of hydrogen-bond donors (Lipinski definition) is 1. The first-order chi connectivity index (χ1) is 13.2. The van der Waals surface area contributed by atoms with Crippen molar-refractivity contribution in [2.45, 2.75) is 44.6 Å². The van der Waals surface area contributed by atoms with Gasteiger partial charge in [-0.3, -0.25) is 4.79 Å². The number of likely N-dealkylation sites (tertiary alicyclic amines) is 1. The van der Waals surface area contributed by atoms with Crippen LogP contribution in [0.4, 0.5) is 11.6 Å². The number of carbonyl (C=O) groups excluding carboxylic acids is 1. The minimum absolute atomic E-state index is 0.143. The molecule has 2 aromatic rings. The van der Waals surface area contributed by atoms with E-state index in [1.54, 1.807) is 6.20 Å². The number of nitrogens with zero attached hydrogens (tertiary/aromatic N) is 3. The van der Waals surface area contributed by atoms with Crippen LogP contribution >= 0.6 is 0 Å². The van der Waals surface area contributed by atoms with Crippen LogP contribution in [0.25, 0.3) is 0 Å². The summed E-state index contributed by atoms with van der Waals surface area (Å²) in [5, 5.41) is 3.27. The molecule has 0 unspecified atom stereocenters. The van der Waals surface area contributed by atoms with Crippen LogP contribution < -0.4 is 5.32 Å². The number of piperidine rings is 1. The number of aryl methyl sites for hydroxylation is 1. The summed E-state index contributed by atoms with van der Waals surface area (Å²) in [4.78, 5) is 23.7. The van der Waals surface area contributed by atoms with E-state index in [1.165, 1.54) is 5.56 Å². The van der Waals surface area contributed by atoms with E-state index in [0.29, 0.717) is 19.1 Å². The van der Waals surface area contributed by atoms with Crippen LogP contribution in [-0.2, 0) is 9.53 Å². The summed E-state index contributed by atoms with van der Waals surface area (Å²) in [6.07, 6.45) is 5.41. The second-order valence-corrected chi connectivity index (χ2v) is 7.42. The number of amides is 1. The highest BCUT2D eigenvalue weighted by atomic mass is 16.5. The number of nitrogens with one attached hydrogen (secondary N) is 1. The van der Waals surface area contributed by atoms with Crippen molar-refractivity contribution in [3.63, 3.8) is 0 Å². The molecule has 0 spiro atoms. The molecule has 1 amide bonds. The monoisotopic (exact) mass is 366 g/mol. The highest BCUT2D eigenvalue weighted by Gasteiger charge is 2.32. The van der Waals surface area contributed by atoms with E-state index in [4.69, 9.17) is 9.72 Å². The molecule has 0 radical (unpaired) electrons. The highest BCUT2D eigenvalue weighted by molar-refractivity contribution is 5.81. The summed E-state index contributed by atoms with van der Waals surface area (Å²) in [5.41, 5.74) is 3.18. The second-order valence-electron chi connectivity index (χ2n) is 7.42. The van der Waals surface area contributed by atoms with E-state index < -0.39 is 0 Å². The molecule has 6 nitrogen and oxygen atoms in total. The molecule has 142 valence electrons. The highest BCUT2D eigenvalue weighted by Crippen LogP contribution is 2.28. The average Bonchev–Trinajstić information content (AvgIpc) is 3.24. The lowest BCUT2D eigenvalue weighted by Crippen LogP contribution is -2.44. The topological polar surface area (TPSA) is 67.4 Å². The second kappa shape index (κ2) is 8.05. The SMILES string of the molecule is Cc1ccc(Nc2nccc([C@@H]3CCCN(C(=O)[C@H]4CCCO4)C3)n2)cc1. The number of aromatic nitrogens is 2. The molecule has 0 saturated carbocycles. The average molecular weight is 366 g/mol. The summed E-state index contributed by atoms with van der Waals surface area (Å²) < 4.78 is 5.58. The zero-order valence-electron chi connectivity index (χ0n) is 15.7. The van der Waals surface area contributed by atoms with E-state index in [2.05, 4.69) is 29.4 Å². The first-order valence-corrected chi connectivity index (χ1v) is 9.76. The molecule has 0 bridgehead atoms. The van der Waals surface area contributed by atoms with Crippen molar-refractivity contribution in [2.75, 3.05) is 25.0 Å². The minimum atomic E-state index is -0.243. The molecule has 4 rings (SSSR count). The van der Waals surface area contributed by atoms with Gasteiger partial charge in [-0.1, -0.05) is 17.7 Å². The van der Waals surface area contributed by atoms with Crippen LogP contribution in [0, 0.1) is 6.92 Å². The largest absolute Gasteiger partial charge is 0.368 e. The van der Waals surface area contributed by atoms with E-state index in [9.17, 15) is 4.79 Å². The Hall–Kier alpha value is -2.47. The molecular weight excluding hydrogens is 340 g/mol. The summed E-state index contributed by atoms with van der Waals surface area (Å²) in [6, 6.07) is 10.1. The molecule has 2 aliphatic heterocycles. The third-order valence-corrected chi connectivity index (χ3v) is 5.34. The lowest BCUT2D eigenvalue weighted by molar-refractivity contribution is -0.142. The molecule has 1 N–H and O–H groups in total. The number of ether oxygens (including phenoxy) is 1. The van der Waals surface area contributed by atoms with Crippen molar-refractivity contribution in [2.24, 2.45) is 0 Å². The maximum absolute atomic E-state index is 12.7. The molecule has 2 fully saturated rings. The lowest BCUT2D eigenvalue weighted by atomic mass is 9.94. The predicted molar refractivity (Wildman–Crippen MR) is 104 cm³/mol. The van der Waals surface area contributed by atoms with Crippen molar-refractivity contribution >= 4 is 17.5 Å². The zero-order valence-corrected chi connectivity index (χ0v) is 15.7. The van der Waals surface area contributed by atoms with Gasteiger partial charge in [0, 0.05) is 37.5 Å². The van der Waals surface area contributed by atoms with Crippen LogP contribution in [0.1, 0.15) is 42.9 Å². The Balaban J connectivity index is 1.44. The Bertz CT molecular complexity index is 787. The van der Waals surface area contributed by atoms with Crippen molar-refractivity contribution in [3.05, 3.63) is 47.8 Å². The van der Waals surface area contributed by atoms with Gasteiger partial charge in [0.05, 0.1) is 5.69 Å². The standard InChI is InChI=1S/C21H26N4O2/c1-15-6-8-17(9-7-15)23-21-22-11-10-18(24-21)16-4-2-12-25(14-16)20(26)19-5-3-13-27-19/h6-11,16,19H,2-5,12-14H2,1H3,(H,22,23,24)/t16-,19-/m1/s1. The fourth-order valence-electron chi connectivity index (χ4n) is 3.82. The smallest absolute Gasteiger partial charge is 0.251 e. The Labute approximate surface area is 160 Å². The molecule has 2 saturated heterocycles. The van der Waals surface area contributed by atoms with Crippen molar-refractivity contribution in [3.8, 4) is 0 Å². The van der Waals surface area contributed by atoms with Gasteiger partial charge in [-0.05, 0) is 50.8 Å². The number of carbonyl (C=O) groups is 1. The molecule has 1 aromatic heterocycles. The zero-order chi connectivity index (χ0) is 18.6. The van der Waals surface area contributed by atoms with Gasteiger partial charge < -0.3 is 15.0 Å². The summed E-state index contributed by atoms with van der Waals surface area (Å²) in [6.45, 7) is 4.29. The van der Waals surface area contributed by atoms with Crippen LogP contribution in [0.2, 0.25) is 0 Å². The van der Waals surface area contributed by atoms with Gasteiger partial charge in [0.15, 0.2) is 0 Å². The first kappa shape index (κ1) is 17.9. The minimum Gasteiger partial charge on any atom is -0.368 e. The molecule has 2 atom stereocenters. The van der Waals surface area contributed by atoms with Gasteiger partial charge in [-0.15, -0.1) is 0 Å². The molecule has 3 heterocycles. The van der Waals surface area contributed by atoms with Gasteiger partial charge in [0.2, 0.25) is 5.95 Å². The van der Waals surface area contributed by atoms with Gasteiger partial charge in [-0.25, -0.2) is 9.97 Å². The quantitative estimate of drug-likeness (QED) is 0.898. The van der Waals surface area contributed by atoms with Crippen LogP contribution in [0.15, 0.2) is 36.5 Å². The number of anilines is 2. The van der Waals surface area contributed by atoms with Gasteiger partial charge in [-0.2, -0.15) is 0 Å². The Kier molecular flexibility index (Phi) is 5.34. The first-order valence-electron chi connectivity index (χ1n) is 9.76. The fourth-order valence-corrected chi connectivity index (χ4v) is 3.82. The number of hydrogen-bond acceptors (Lipinski definition) is 5. The fraction of sp³-hybridized carbons (Fsp3) is 0.476. The van der Waals surface area contributed by atoms with Crippen molar-refractivity contribution in [1.82, 2.24) is 14.9 Å². The van der Waals surface area contributed by atoms with Gasteiger partial charge >= 0.3 is 0 Å². The lowest BCUT2D eigenvalue weighted by Gasteiger charge is -2.33. The Morgan fingerprint density at radius 2 is 2.04 bits per heavy atom. The van der Waals surface area contributed by atoms with E-state index >= 15 is 0 Å². The maximum Gasteiger partial charge on any atom is 0.251 e. The van der Waals surface area contributed by atoms with Crippen LogP contribution in [0.5, 0.6) is 0 Å². The van der Waals surface area contributed by atoms with E-state index in [-0.39, 0.29) is 17.9 Å². The third-order valence-electron chi connectivity index (χ3n) is 5.34. The molecule has 6 heteroatoms. The Morgan fingerprint density at radius 3 is 2.81 bits per heavy atom. The van der Waals surface area contributed by atoms with E-state index in [1.807, 2.05) is 23.1 Å².